The Bertz CT molecular complexity index is 397. The molecule has 1 aromatic rings. The first-order valence-corrected chi connectivity index (χ1v) is 5.97. The number of aryl methyl sites for hydroxylation is 1. The van der Waals surface area contributed by atoms with Gasteiger partial charge in [-0.25, -0.2) is 4.39 Å². The Morgan fingerprint density at radius 1 is 1.53 bits per heavy atom. The van der Waals surface area contributed by atoms with E-state index in [0.29, 0.717) is 5.56 Å². The summed E-state index contributed by atoms with van der Waals surface area (Å²) in [4.78, 5) is 0. The molecule has 1 fully saturated rings. The molecular weight excluding hydrogens is 219 g/mol. The number of hydrazine groups is 1. The van der Waals surface area contributed by atoms with Gasteiger partial charge in [-0.3, -0.25) is 11.3 Å². The molecule has 1 aromatic carbocycles. The molecule has 0 spiro atoms. The molecule has 1 aliphatic rings. The number of ether oxygens (including phenoxy) is 1. The quantitative estimate of drug-likeness (QED) is 0.626. The molecule has 0 amide bonds. The van der Waals surface area contributed by atoms with Crippen molar-refractivity contribution in [3.8, 4) is 0 Å². The highest BCUT2D eigenvalue weighted by Gasteiger charge is 2.33. The second-order valence-electron chi connectivity index (χ2n) is 4.70. The first-order chi connectivity index (χ1) is 8.13. The average molecular weight is 238 g/mol. The Morgan fingerprint density at radius 3 is 2.88 bits per heavy atom. The second kappa shape index (κ2) is 5.12. The van der Waals surface area contributed by atoms with Gasteiger partial charge in [0.05, 0.1) is 12.1 Å². The van der Waals surface area contributed by atoms with Crippen LogP contribution in [0.4, 0.5) is 4.39 Å². The van der Waals surface area contributed by atoms with Gasteiger partial charge in [0.15, 0.2) is 0 Å². The third-order valence-corrected chi connectivity index (χ3v) is 3.53. The van der Waals surface area contributed by atoms with Crippen molar-refractivity contribution in [2.45, 2.75) is 32.4 Å². The highest BCUT2D eigenvalue weighted by molar-refractivity contribution is 5.27. The molecule has 3 atom stereocenters. The van der Waals surface area contributed by atoms with Gasteiger partial charge < -0.3 is 4.74 Å². The maximum absolute atomic E-state index is 13.9. The Hall–Kier alpha value is -0.970. The van der Waals surface area contributed by atoms with Gasteiger partial charge >= 0.3 is 0 Å². The number of nitrogens with one attached hydrogen (secondary N) is 1. The topological polar surface area (TPSA) is 47.3 Å². The first kappa shape index (κ1) is 12.5. The molecule has 3 N–H and O–H groups in total. The number of hydrogen-bond acceptors (Lipinski definition) is 3. The standard InChI is InChI=1S/C13H19FN2O/c1-8-3-4-12(14)11(7-8)13(16-15)10-5-6-17-9(10)2/h3-4,7,9-10,13,16H,5-6,15H2,1-2H3. The molecule has 0 bridgehead atoms. The monoisotopic (exact) mass is 238 g/mol. The highest BCUT2D eigenvalue weighted by atomic mass is 19.1. The van der Waals surface area contributed by atoms with Crippen molar-refractivity contribution in [3.05, 3.63) is 35.1 Å². The fourth-order valence-corrected chi connectivity index (χ4v) is 2.53. The third-order valence-electron chi connectivity index (χ3n) is 3.53. The van der Waals surface area contributed by atoms with Crippen LogP contribution in [0.25, 0.3) is 0 Å². The molecule has 1 aliphatic heterocycles. The van der Waals surface area contributed by atoms with E-state index in [1.807, 2.05) is 19.9 Å². The highest BCUT2D eigenvalue weighted by Crippen LogP contribution is 2.34. The zero-order valence-electron chi connectivity index (χ0n) is 10.2. The minimum atomic E-state index is -0.211. The summed E-state index contributed by atoms with van der Waals surface area (Å²) in [5, 5.41) is 0. The third kappa shape index (κ3) is 2.49. The molecule has 3 unspecified atom stereocenters. The number of halogens is 1. The molecule has 4 heteroatoms. The minimum Gasteiger partial charge on any atom is -0.378 e. The summed E-state index contributed by atoms with van der Waals surface area (Å²) >= 11 is 0. The summed E-state index contributed by atoms with van der Waals surface area (Å²) in [7, 11) is 0. The molecular formula is C13H19FN2O. The molecule has 1 saturated heterocycles. The predicted molar refractivity (Wildman–Crippen MR) is 64.7 cm³/mol. The lowest BCUT2D eigenvalue weighted by molar-refractivity contribution is 0.0949. The van der Waals surface area contributed by atoms with Crippen molar-refractivity contribution in [2.75, 3.05) is 6.61 Å². The van der Waals surface area contributed by atoms with Crippen LogP contribution in [-0.2, 0) is 4.74 Å². The van der Waals surface area contributed by atoms with Gasteiger partial charge in [0.25, 0.3) is 0 Å². The maximum Gasteiger partial charge on any atom is 0.128 e. The van der Waals surface area contributed by atoms with Crippen molar-refractivity contribution in [3.63, 3.8) is 0 Å². The van der Waals surface area contributed by atoms with E-state index in [1.54, 1.807) is 6.07 Å². The number of benzene rings is 1. The van der Waals surface area contributed by atoms with Gasteiger partial charge in [-0.1, -0.05) is 17.7 Å². The zero-order valence-corrected chi connectivity index (χ0v) is 10.2. The van der Waals surface area contributed by atoms with Crippen LogP contribution >= 0.6 is 0 Å². The van der Waals surface area contributed by atoms with Gasteiger partial charge in [0.1, 0.15) is 5.82 Å². The average Bonchev–Trinajstić information content (AvgIpc) is 2.71. The fraction of sp³-hybridized carbons (Fsp3) is 0.538. The SMILES string of the molecule is Cc1ccc(F)c(C(NN)C2CCOC2C)c1. The van der Waals surface area contributed by atoms with Gasteiger partial charge in [0.2, 0.25) is 0 Å². The summed E-state index contributed by atoms with van der Waals surface area (Å²) in [5.41, 5.74) is 4.41. The van der Waals surface area contributed by atoms with Gasteiger partial charge in [0, 0.05) is 18.1 Å². The molecule has 0 aliphatic carbocycles. The van der Waals surface area contributed by atoms with E-state index in [0.717, 1.165) is 18.6 Å². The summed E-state index contributed by atoms with van der Waals surface area (Å²) in [5.74, 6) is 5.60. The number of nitrogens with two attached hydrogens (primary N) is 1. The lowest BCUT2D eigenvalue weighted by Gasteiger charge is -2.26. The Morgan fingerprint density at radius 2 is 2.29 bits per heavy atom. The molecule has 0 radical (unpaired) electrons. The molecule has 94 valence electrons. The normalized spacial score (nSPS) is 26.1. The van der Waals surface area contributed by atoms with Crippen molar-refractivity contribution in [2.24, 2.45) is 11.8 Å². The number of rotatable bonds is 3. The second-order valence-corrected chi connectivity index (χ2v) is 4.70. The Balaban J connectivity index is 2.31. The Kier molecular flexibility index (Phi) is 3.76. The molecule has 0 saturated carbocycles. The lowest BCUT2D eigenvalue weighted by atomic mass is 9.88. The predicted octanol–water partition coefficient (Wildman–Crippen LogP) is 2.06. The lowest BCUT2D eigenvalue weighted by Crippen LogP contribution is -2.36. The van der Waals surface area contributed by atoms with Crippen LogP contribution in [0, 0.1) is 18.7 Å². The van der Waals surface area contributed by atoms with Crippen molar-refractivity contribution < 1.29 is 9.13 Å². The summed E-state index contributed by atoms with van der Waals surface area (Å²) < 4.78 is 19.4. The van der Waals surface area contributed by atoms with E-state index in [1.165, 1.54) is 6.07 Å². The smallest absolute Gasteiger partial charge is 0.128 e. The fourth-order valence-electron chi connectivity index (χ4n) is 2.53. The summed E-state index contributed by atoms with van der Waals surface area (Å²) in [6, 6.07) is 4.92. The van der Waals surface area contributed by atoms with E-state index >= 15 is 0 Å². The van der Waals surface area contributed by atoms with Crippen LogP contribution in [-0.4, -0.2) is 12.7 Å². The molecule has 17 heavy (non-hydrogen) atoms. The zero-order chi connectivity index (χ0) is 12.4. The van der Waals surface area contributed by atoms with Crippen LogP contribution < -0.4 is 11.3 Å². The van der Waals surface area contributed by atoms with Crippen LogP contribution in [0.5, 0.6) is 0 Å². The van der Waals surface area contributed by atoms with Gasteiger partial charge in [-0.15, -0.1) is 0 Å². The van der Waals surface area contributed by atoms with E-state index in [-0.39, 0.29) is 23.9 Å². The summed E-state index contributed by atoms with van der Waals surface area (Å²) in [6.45, 7) is 4.68. The van der Waals surface area contributed by atoms with Crippen LogP contribution in [0.3, 0.4) is 0 Å². The van der Waals surface area contributed by atoms with E-state index in [4.69, 9.17) is 10.6 Å². The van der Waals surface area contributed by atoms with Crippen molar-refractivity contribution in [1.82, 2.24) is 5.43 Å². The molecule has 3 nitrogen and oxygen atoms in total. The van der Waals surface area contributed by atoms with Gasteiger partial charge in [-0.2, -0.15) is 0 Å². The molecule has 0 aromatic heterocycles. The van der Waals surface area contributed by atoms with Crippen LogP contribution in [0.1, 0.15) is 30.5 Å². The van der Waals surface area contributed by atoms with Crippen LogP contribution in [0.2, 0.25) is 0 Å². The van der Waals surface area contributed by atoms with E-state index < -0.39 is 0 Å². The van der Waals surface area contributed by atoms with Gasteiger partial charge in [-0.05, 0) is 26.3 Å². The Labute approximate surface area is 101 Å². The van der Waals surface area contributed by atoms with Crippen LogP contribution in [0.15, 0.2) is 18.2 Å². The minimum absolute atomic E-state index is 0.107. The van der Waals surface area contributed by atoms with Crippen molar-refractivity contribution >= 4 is 0 Å². The van der Waals surface area contributed by atoms with E-state index in [2.05, 4.69) is 5.43 Å². The molecule has 2 rings (SSSR count). The van der Waals surface area contributed by atoms with E-state index in [9.17, 15) is 4.39 Å². The maximum atomic E-state index is 13.9. The first-order valence-electron chi connectivity index (χ1n) is 5.97. The van der Waals surface area contributed by atoms with Crippen molar-refractivity contribution in [1.29, 1.82) is 0 Å². The molecule has 1 heterocycles. The largest absolute Gasteiger partial charge is 0.378 e. The number of hydrogen-bond donors (Lipinski definition) is 2. The summed E-state index contributed by atoms with van der Waals surface area (Å²) in [6.07, 6.45) is 1.01.